The van der Waals surface area contributed by atoms with Crippen molar-refractivity contribution in [2.75, 3.05) is 6.61 Å². The number of aliphatic carboxylic acids is 1. The molecule has 0 aliphatic heterocycles. The Labute approximate surface area is 162 Å². The predicted octanol–water partition coefficient (Wildman–Crippen LogP) is 5.96. The Morgan fingerprint density at radius 3 is 2.46 bits per heavy atom. The van der Waals surface area contributed by atoms with Crippen LogP contribution in [0, 0.1) is 5.92 Å². The monoisotopic (exact) mass is 390 g/mol. The van der Waals surface area contributed by atoms with E-state index < -0.39 is 11.4 Å². The third-order valence-electron chi connectivity index (χ3n) is 5.55. The van der Waals surface area contributed by atoms with Crippen molar-refractivity contribution in [2.45, 2.75) is 37.5 Å². The number of benzene rings is 2. The van der Waals surface area contributed by atoms with Crippen LogP contribution in [0.3, 0.4) is 0 Å². The molecule has 5 heteroatoms. The van der Waals surface area contributed by atoms with Gasteiger partial charge in [0.2, 0.25) is 0 Å². The summed E-state index contributed by atoms with van der Waals surface area (Å²) in [7, 11) is 0. The average molecular weight is 391 g/mol. The lowest BCUT2D eigenvalue weighted by Crippen LogP contribution is -2.42. The summed E-state index contributed by atoms with van der Waals surface area (Å²) >= 11 is 12.3. The summed E-state index contributed by atoms with van der Waals surface area (Å²) in [6.07, 6.45) is 4.70. The van der Waals surface area contributed by atoms with E-state index in [1.165, 1.54) is 12.8 Å². The number of halogens is 2. The lowest BCUT2D eigenvalue weighted by atomic mass is 9.64. The van der Waals surface area contributed by atoms with Crippen molar-refractivity contribution in [3.63, 3.8) is 0 Å². The van der Waals surface area contributed by atoms with Crippen LogP contribution in [0.5, 0.6) is 5.75 Å². The van der Waals surface area contributed by atoms with E-state index in [0.717, 1.165) is 28.9 Å². The highest BCUT2D eigenvalue weighted by atomic mass is 35.5. The number of carboxylic acid groups (broad SMARTS) is 1. The molecule has 3 nitrogen and oxygen atoms in total. The smallest absolute Gasteiger partial charge is 0.314 e. The molecule has 2 aromatic rings. The Morgan fingerprint density at radius 1 is 1.12 bits per heavy atom. The van der Waals surface area contributed by atoms with Gasteiger partial charge in [0.25, 0.3) is 0 Å². The number of carbonyl (C=O) groups is 1. The summed E-state index contributed by atoms with van der Waals surface area (Å²) in [4.78, 5) is 11.9. The number of rotatable bonds is 6. The molecule has 0 aromatic heterocycles. The van der Waals surface area contributed by atoms with E-state index in [9.17, 15) is 9.90 Å². The van der Waals surface area contributed by atoms with Crippen LogP contribution in [-0.4, -0.2) is 17.7 Å². The van der Waals surface area contributed by atoms with E-state index in [-0.39, 0.29) is 0 Å². The van der Waals surface area contributed by atoms with Crippen LogP contribution in [0.1, 0.15) is 37.7 Å². The highest BCUT2D eigenvalue weighted by Crippen LogP contribution is 2.46. The third-order valence-corrected chi connectivity index (χ3v) is 6.29. The second-order valence-corrected chi connectivity index (χ2v) is 8.15. The molecule has 2 aliphatic rings. The first kappa shape index (κ1) is 17.7. The van der Waals surface area contributed by atoms with Crippen molar-refractivity contribution in [3.05, 3.63) is 52.0 Å². The van der Waals surface area contributed by atoms with E-state index in [4.69, 9.17) is 27.9 Å². The molecule has 0 unspecified atom stereocenters. The normalized spacial score (nSPS) is 18.2. The number of ether oxygens (including phenoxy) is 1. The highest BCUT2D eigenvalue weighted by molar-refractivity contribution is 6.42. The Bertz CT molecular complexity index is 854. The topological polar surface area (TPSA) is 46.5 Å². The quantitative estimate of drug-likeness (QED) is 0.661. The fraction of sp³-hybridized carbons (Fsp3) is 0.381. The standard InChI is InChI=1S/C21H20Cl2O3/c22-17-6-4-14(10-18(17)23)16-11-15(21(20(24)25)8-1-9-21)5-7-19(16)26-12-13-2-3-13/h4-7,10-11,13H,1-3,8-9,12H2,(H,24,25). The molecule has 1 N–H and O–H groups in total. The molecule has 0 atom stereocenters. The number of carboxylic acids is 1. The van der Waals surface area contributed by atoms with Crippen molar-refractivity contribution in [1.29, 1.82) is 0 Å². The summed E-state index contributed by atoms with van der Waals surface area (Å²) in [5.41, 5.74) is 1.80. The molecular formula is C21H20Cl2O3. The van der Waals surface area contributed by atoms with Gasteiger partial charge in [0, 0.05) is 5.56 Å². The van der Waals surface area contributed by atoms with Crippen LogP contribution in [-0.2, 0) is 10.2 Å². The van der Waals surface area contributed by atoms with E-state index in [1.54, 1.807) is 12.1 Å². The summed E-state index contributed by atoms with van der Waals surface area (Å²) < 4.78 is 6.04. The largest absolute Gasteiger partial charge is 0.493 e. The summed E-state index contributed by atoms with van der Waals surface area (Å²) in [6.45, 7) is 0.692. The Hall–Kier alpha value is -1.71. The number of hydrogen-bond donors (Lipinski definition) is 1. The highest BCUT2D eigenvalue weighted by Gasteiger charge is 2.46. The molecule has 0 saturated heterocycles. The van der Waals surface area contributed by atoms with E-state index in [1.807, 2.05) is 24.3 Å². The fourth-order valence-electron chi connectivity index (χ4n) is 3.49. The maximum absolute atomic E-state index is 11.9. The maximum Gasteiger partial charge on any atom is 0.314 e. The van der Waals surface area contributed by atoms with Crippen LogP contribution in [0.4, 0.5) is 0 Å². The van der Waals surface area contributed by atoms with E-state index >= 15 is 0 Å². The van der Waals surface area contributed by atoms with Gasteiger partial charge in [0.1, 0.15) is 5.75 Å². The first-order valence-electron chi connectivity index (χ1n) is 8.96. The van der Waals surface area contributed by atoms with E-state index in [2.05, 4.69) is 0 Å². The molecule has 26 heavy (non-hydrogen) atoms. The van der Waals surface area contributed by atoms with Gasteiger partial charge in [0.05, 0.1) is 22.1 Å². The summed E-state index contributed by atoms with van der Waals surface area (Å²) in [5.74, 6) is 0.641. The predicted molar refractivity (Wildman–Crippen MR) is 103 cm³/mol. The molecule has 0 amide bonds. The molecular weight excluding hydrogens is 371 g/mol. The molecule has 4 rings (SSSR count). The third kappa shape index (κ3) is 3.19. The first-order chi connectivity index (χ1) is 12.5. The van der Waals surface area contributed by atoms with Crippen molar-refractivity contribution in [2.24, 2.45) is 5.92 Å². The molecule has 0 spiro atoms. The van der Waals surface area contributed by atoms with Gasteiger partial charge in [-0.25, -0.2) is 0 Å². The molecule has 2 fully saturated rings. The second-order valence-electron chi connectivity index (χ2n) is 7.34. The van der Waals surface area contributed by atoms with Crippen LogP contribution < -0.4 is 4.74 Å². The van der Waals surface area contributed by atoms with Gasteiger partial charge in [-0.3, -0.25) is 4.79 Å². The summed E-state index contributed by atoms with van der Waals surface area (Å²) in [5, 5.41) is 10.7. The van der Waals surface area contributed by atoms with Gasteiger partial charge in [-0.1, -0.05) is 41.8 Å². The Kier molecular flexibility index (Phi) is 4.62. The van der Waals surface area contributed by atoms with Gasteiger partial charge in [-0.15, -0.1) is 0 Å². The van der Waals surface area contributed by atoms with Crippen molar-refractivity contribution in [3.8, 4) is 16.9 Å². The van der Waals surface area contributed by atoms with Gasteiger partial charge in [-0.05, 0) is 67.0 Å². The van der Waals surface area contributed by atoms with Gasteiger partial charge in [-0.2, -0.15) is 0 Å². The molecule has 0 radical (unpaired) electrons. The van der Waals surface area contributed by atoms with Crippen molar-refractivity contribution >= 4 is 29.2 Å². The molecule has 0 bridgehead atoms. The van der Waals surface area contributed by atoms with Crippen molar-refractivity contribution < 1.29 is 14.6 Å². The van der Waals surface area contributed by atoms with Gasteiger partial charge < -0.3 is 9.84 Å². The van der Waals surface area contributed by atoms with Gasteiger partial charge >= 0.3 is 5.97 Å². The lowest BCUT2D eigenvalue weighted by Gasteiger charge is -2.38. The minimum absolute atomic E-state index is 0.472. The van der Waals surface area contributed by atoms with Crippen LogP contribution >= 0.6 is 23.2 Å². The fourth-order valence-corrected chi connectivity index (χ4v) is 3.79. The van der Waals surface area contributed by atoms with Crippen LogP contribution in [0.2, 0.25) is 10.0 Å². The van der Waals surface area contributed by atoms with Crippen molar-refractivity contribution in [1.82, 2.24) is 0 Å². The zero-order chi connectivity index (χ0) is 18.3. The number of hydrogen-bond acceptors (Lipinski definition) is 2. The Balaban J connectivity index is 1.77. The zero-order valence-corrected chi connectivity index (χ0v) is 15.8. The SMILES string of the molecule is O=C(O)C1(c2ccc(OCC3CC3)c(-c3ccc(Cl)c(Cl)c3)c2)CCC1. The summed E-state index contributed by atoms with van der Waals surface area (Å²) in [6, 6.07) is 11.2. The molecule has 0 heterocycles. The van der Waals surface area contributed by atoms with E-state index in [0.29, 0.717) is 35.4 Å². The lowest BCUT2D eigenvalue weighted by molar-refractivity contribution is -0.147. The minimum Gasteiger partial charge on any atom is -0.493 e. The first-order valence-corrected chi connectivity index (χ1v) is 9.71. The molecule has 2 aliphatic carbocycles. The average Bonchev–Trinajstić information content (AvgIpc) is 3.39. The maximum atomic E-state index is 11.9. The minimum atomic E-state index is -0.778. The Morgan fingerprint density at radius 2 is 1.88 bits per heavy atom. The van der Waals surface area contributed by atoms with Gasteiger partial charge in [0.15, 0.2) is 0 Å². The van der Waals surface area contributed by atoms with Crippen LogP contribution in [0.15, 0.2) is 36.4 Å². The molecule has 136 valence electrons. The molecule has 2 saturated carbocycles. The molecule has 2 aromatic carbocycles. The zero-order valence-electron chi connectivity index (χ0n) is 14.3. The second kappa shape index (κ2) is 6.79. The van der Waals surface area contributed by atoms with Crippen LogP contribution in [0.25, 0.3) is 11.1 Å².